The van der Waals surface area contributed by atoms with Gasteiger partial charge in [0.1, 0.15) is 5.00 Å². The van der Waals surface area contributed by atoms with Crippen molar-refractivity contribution in [2.45, 2.75) is 13.8 Å². The molecule has 0 bridgehead atoms. The van der Waals surface area contributed by atoms with Crippen molar-refractivity contribution in [1.29, 1.82) is 0 Å². The molecule has 0 aliphatic rings. The smallest absolute Gasteiger partial charge is 0.413 e. The summed E-state index contributed by atoms with van der Waals surface area (Å²) in [5.41, 5.74) is 0.991. The zero-order valence-electron chi connectivity index (χ0n) is 12.2. The highest BCUT2D eigenvalue weighted by Crippen LogP contribution is 2.33. The molecule has 3 amide bonds. The van der Waals surface area contributed by atoms with Crippen LogP contribution in [0.3, 0.4) is 0 Å². The Labute approximate surface area is 135 Å². The molecule has 0 fully saturated rings. The molecule has 116 valence electrons. The van der Waals surface area contributed by atoms with Crippen LogP contribution in [0, 0.1) is 13.8 Å². The summed E-state index contributed by atoms with van der Waals surface area (Å²) in [4.78, 5) is 36.9. The van der Waals surface area contributed by atoms with Crippen molar-refractivity contribution in [3.05, 3.63) is 38.4 Å². The summed E-state index contributed by atoms with van der Waals surface area (Å²) in [6.07, 6.45) is -0.844. The van der Waals surface area contributed by atoms with Gasteiger partial charge in [-0.1, -0.05) is 6.07 Å². The van der Waals surface area contributed by atoms with Crippen molar-refractivity contribution in [2.75, 3.05) is 12.4 Å². The molecular weight excluding hydrogens is 324 g/mol. The topological polar surface area (TPSA) is 84.5 Å². The zero-order valence-corrected chi connectivity index (χ0v) is 13.8. The third-order valence-corrected chi connectivity index (χ3v) is 4.98. The van der Waals surface area contributed by atoms with E-state index < -0.39 is 12.0 Å². The summed E-state index contributed by atoms with van der Waals surface area (Å²) in [7, 11) is 1.17. The first-order valence-corrected chi connectivity index (χ1v) is 7.97. The van der Waals surface area contributed by atoms with E-state index in [-0.39, 0.29) is 11.5 Å². The van der Waals surface area contributed by atoms with Crippen LogP contribution in [0.15, 0.2) is 17.5 Å². The number of alkyl carbamates (subject to hydrolysis) is 1. The Morgan fingerprint density at radius 1 is 1.18 bits per heavy atom. The minimum atomic E-state index is -0.844. The lowest BCUT2D eigenvalue weighted by molar-refractivity contribution is 0.0937. The number of imide groups is 1. The van der Waals surface area contributed by atoms with Crippen LogP contribution in [0.5, 0.6) is 0 Å². The highest BCUT2D eigenvalue weighted by Gasteiger charge is 2.23. The Hall–Kier alpha value is -2.19. The second-order valence-corrected chi connectivity index (χ2v) is 6.54. The second kappa shape index (κ2) is 6.71. The lowest BCUT2D eigenvalue weighted by Gasteiger charge is -2.06. The van der Waals surface area contributed by atoms with E-state index in [0.29, 0.717) is 15.4 Å². The quantitative estimate of drug-likeness (QED) is 0.900. The Balaban J connectivity index is 2.28. The van der Waals surface area contributed by atoms with E-state index in [1.54, 1.807) is 24.4 Å². The van der Waals surface area contributed by atoms with Crippen LogP contribution >= 0.6 is 22.7 Å². The fourth-order valence-electron chi connectivity index (χ4n) is 1.77. The van der Waals surface area contributed by atoms with Crippen LogP contribution in [0.1, 0.15) is 30.5 Å². The van der Waals surface area contributed by atoms with Gasteiger partial charge in [-0.15, -0.1) is 22.7 Å². The van der Waals surface area contributed by atoms with Crippen molar-refractivity contribution in [3.8, 4) is 0 Å². The van der Waals surface area contributed by atoms with Crippen LogP contribution < -0.4 is 10.6 Å². The lowest BCUT2D eigenvalue weighted by atomic mass is 10.1. The number of carbonyl (C=O) groups excluding carboxylic acids is 3. The molecular formula is C14H14N2O4S2. The van der Waals surface area contributed by atoms with Gasteiger partial charge in [-0.05, 0) is 30.9 Å². The molecule has 0 atom stereocenters. The van der Waals surface area contributed by atoms with Gasteiger partial charge in [-0.3, -0.25) is 14.9 Å². The summed E-state index contributed by atoms with van der Waals surface area (Å²) >= 11 is 2.60. The Morgan fingerprint density at radius 2 is 1.91 bits per heavy atom. The number of carbonyl (C=O) groups is 3. The molecule has 0 aliphatic heterocycles. The van der Waals surface area contributed by atoms with Gasteiger partial charge in [0.15, 0.2) is 0 Å². The van der Waals surface area contributed by atoms with Crippen molar-refractivity contribution < 1.29 is 19.1 Å². The maximum absolute atomic E-state index is 12.2. The summed E-state index contributed by atoms with van der Waals surface area (Å²) in [6.45, 7) is 3.61. The fraction of sp³-hybridized carbons (Fsp3) is 0.214. The SMILES string of the molecule is COC(=O)NC(=O)c1c(NC(=O)c2cccs2)sc(C)c1C. The van der Waals surface area contributed by atoms with Gasteiger partial charge in [0.05, 0.1) is 17.6 Å². The number of hydrogen-bond donors (Lipinski definition) is 2. The molecule has 0 saturated carbocycles. The zero-order chi connectivity index (χ0) is 16.3. The number of ether oxygens (including phenoxy) is 1. The molecule has 0 radical (unpaired) electrons. The van der Waals surface area contributed by atoms with E-state index in [4.69, 9.17) is 0 Å². The van der Waals surface area contributed by atoms with Gasteiger partial charge in [0, 0.05) is 4.88 Å². The molecule has 0 unspecified atom stereocenters. The fourth-order valence-corrected chi connectivity index (χ4v) is 3.44. The van der Waals surface area contributed by atoms with Crippen molar-refractivity contribution in [1.82, 2.24) is 5.32 Å². The molecule has 0 aromatic carbocycles. The van der Waals surface area contributed by atoms with Gasteiger partial charge in [-0.2, -0.15) is 0 Å². The molecule has 2 aromatic heterocycles. The van der Waals surface area contributed by atoms with E-state index >= 15 is 0 Å². The predicted molar refractivity (Wildman–Crippen MR) is 85.9 cm³/mol. The minimum absolute atomic E-state index is 0.276. The number of aryl methyl sites for hydroxylation is 1. The normalized spacial score (nSPS) is 10.1. The average Bonchev–Trinajstić information content (AvgIpc) is 3.08. The highest BCUT2D eigenvalue weighted by molar-refractivity contribution is 7.17. The van der Waals surface area contributed by atoms with Gasteiger partial charge in [-0.25, -0.2) is 4.79 Å². The van der Waals surface area contributed by atoms with Crippen LogP contribution in [-0.2, 0) is 4.74 Å². The number of thiophene rings is 2. The summed E-state index contributed by atoms with van der Waals surface area (Å²) < 4.78 is 4.42. The third-order valence-electron chi connectivity index (χ3n) is 2.99. The number of amides is 3. The summed E-state index contributed by atoms with van der Waals surface area (Å²) in [5, 5.41) is 7.04. The van der Waals surface area contributed by atoms with Gasteiger partial charge in [0.25, 0.3) is 11.8 Å². The number of anilines is 1. The van der Waals surface area contributed by atoms with Crippen molar-refractivity contribution in [3.63, 3.8) is 0 Å². The molecule has 0 aliphatic carbocycles. The van der Waals surface area contributed by atoms with E-state index in [9.17, 15) is 14.4 Å². The molecule has 0 saturated heterocycles. The van der Waals surface area contributed by atoms with Crippen LogP contribution in [0.4, 0.5) is 9.80 Å². The number of methoxy groups -OCH3 is 1. The first-order chi connectivity index (χ1) is 10.4. The predicted octanol–water partition coefficient (Wildman–Crippen LogP) is 3.17. The maximum Gasteiger partial charge on any atom is 0.413 e. The molecule has 2 aromatic rings. The molecule has 8 heteroatoms. The monoisotopic (exact) mass is 338 g/mol. The lowest BCUT2D eigenvalue weighted by Crippen LogP contribution is -2.31. The van der Waals surface area contributed by atoms with Gasteiger partial charge < -0.3 is 10.1 Å². The van der Waals surface area contributed by atoms with E-state index in [2.05, 4.69) is 15.4 Å². The Bertz CT molecular complexity index is 720. The molecule has 6 nitrogen and oxygen atoms in total. The Kier molecular flexibility index (Phi) is 4.94. The van der Waals surface area contributed by atoms with Crippen molar-refractivity contribution >= 4 is 45.6 Å². The second-order valence-electron chi connectivity index (χ2n) is 4.36. The first-order valence-electron chi connectivity index (χ1n) is 6.28. The van der Waals surface area contributed by atoms with Crippen LogP contribution in [0.25, 0.3) is 0 Å². The maximum atomic E-state index is 12.2. The largest absolute Gasteiger partial charge is 0.453 e. The minimum Gasteiger partial charge on any atom is -0.453 e. The average molecular weight is 338 g/mol. The van der Waals surface area contributed by atoms with E-state index in [0.717, 1.165) is 4.88 Å². The molecule has 2 heterocycles. The highest BCUT2D eigenvalue weighted by atomic mass is 32.1. The van der Waals surface area contributed by atoms with E-state index in [1.807, 2.05) is 6.92 Å². The summed E-state index contributed by atoms with van der Waals surface area (Å²) in [6, 6.07) is 3.47. The third kappa shape index (κ3) is 3.34. The molecule has 2 N–H and O–H groups in total. The van der Waals surface area contributed by atoms with Gasteiger partial charge in [0.2, 0.25) is 0 Å². The van der Waals surface area contributed by atoms with Crippen molar-refractivity contribution in [2.24, 2.45) is 0 Å². The number of rotatable bonds is 3. The standard InChI is InChI=1S/C14H14N2O4S2/c1-7-8(2)22-13(10(7)12(18)16-14(19)20-3)15-11(17)9-5-4-6-21-9/h4-6H,1-3H3,(H,15,17)(H,16,18,19). The van der Waals surface area contributed by atoms with Crippen LogP contribution in [-0.4, -0.2) is 25.0 Å². The molecule has 0 spiro atoms. The Morgan fingerprint density at radius 3 is 2.50 bits per heavy atom. The molecule has 2 rings (SSSR count). The first kappa shape index (κ1) is 16.2. The van der Waals surface area contributed by atoms with Crippen LogP contribution in [0.2, 0.25) is 0 Å². The number of hydrogen-bond acceptors (Lipinski definition) is 6. The summed E-state index contributed by atoms with van der Waals surface area (Å²) in [5.74, 6) is -0.890. The number of nitrogens with one attached hydrogen (secondary N) is 2. The van der Waals surface area contributed by atoms with Gasteiger partial charge >= 0.3 is 6.09 Å². The molecule has 22 heavy (non-hydrogen) atoms. The van der Waals surface area contributed by atoms with E-state index in [1.165, 1.54) is 29.8 Å².